The quantitative estimate of drug-likeness (QED) is 0.274. The third kappa shape index (κ3) is 4.91. The summed E-state index contributed by atoms with van der Waals surface area (Å²) in [4.78, 5) is 7.58. The molecule has 2 aliphatic rings. The molecule has 186 valence electrons. The molecule has 0 atom stereocenters. The monoisotopic (exact) mass is 563 g/mol. The van der Waals surface area contributed by atoms with Gasteiger partial charge in [0.1, 0.15) is 5.82 Å². The fourth-order valence-corrected chi connectivity index (χ4v) is 6.54. The third-order valence-corrected chi connectivity index (χ3v) is 8.83. The van der Waals surface area contributed by atoms with E-state index in [9.17, 15) is 0 Å². The topological polar surface area (TPSA) is 45.5 Å². The van der Waals surface area contributed by atoms with Crippen molar-refractivity contribution in [2.45, 2.75) is 56.5 Å². The zero-order chi connectivity index (χ0) is 24.5. The van der Waals surface area contributed by atoms with Gasteiger partial charge in [-0.1, -0.05) is 60.1 Å². The summed E-state index contributed by atoms with van der Waals surface area (Å²) >= 11 is 10.1. The number of hydrogen-bond acceptors (Lipinski definition) is 4. The Labute approximate surface area is 226 Å². The predicted octanol–water partition coefficient (Wildman–Crippen LogP) is 7.41. The lowest BCUT2D eigenvalue weighted by Gasteiger charge is -2.41. The van der Waals surface area contributed by atoms with Crippen molar-refractivity contribution in [1.82, 2.24) is 19.5 Å². The minimum absolute atomic E-state index is 0.412. The third-order valence-electron chi connectivity index (χ3n) is 7.94. The molecule has 2 aromatic heterocycles. The lowest BCUT2D eigenvalue weighted by Crippen LogP contribution is -2.45. The van der Waals surface area contributed by atoms with Crippen LogP contribution in [0.2, 0.25) is 5.02 Å². The van der Waals surface area contributed by atoms with Crippen molar-refractivity contribution in [2.75, 3.05) is 18.4 Å². The van der Waals surface area contributed by atoms with Crippen molar-refractivity contribution in [3.8, 4) is 11.3 Å². The lowest BCUT2D eigenvalue weighted by atomic mass is 9.81. The fourth-order valence-electron chi connectivity index (χ4n) is 5.96. The molecule has 1 saturated heterocycles. The maximum atomic E-state index is 6.50. The molecule has 36 heavy (non-hydrogen) atoms. The molecule has 0 unspecified atom stereocenters. The fraction of sp³-hybridized carbons (Fsp3) is 0.379. The second-order valence-electron chi connectivity index (χ2n) is 10.1. The highest BCUT2D eigenvalue weighted by Crippen LogP contribution is 2.36. The lowest BCUT2D eigenvalue weighted by molar-refractivity contribution is 0.120. The molecule has 1 N–H and O–H groups in total. The van der Waals surface area contributed by atoms with Gasteiger partial charge in [-0.2, -0.15) is 9.61 Å². The van der Waals surface area contributed by atoms with E-state index in [2.05, 4.69) is 67.6 Å². The van der Waals surface area contributed by atoms with E-state index in [0.717, 1.165) is 65.1 Å². The van der Waals surface area contributed by atoms with Gasteiger partial charge in [0, 0.05) is 41.8 Å². The van der Waals surface area contributed by atoms with Gasteiger partial charge in [0.2, 0.25) is 0 Å². The van der Waals surface area contributed by atoms with E-state index in [-0.39, 0.29) is 0 Å². The summed E-state index contributed by atoms with van der Waals surface area (Å²) in [5, 5.41) is 9.05. The van der Waals surface area contributed by atoms with E-state index in [1.807, 2.05) is 28.8 Å². The van der Waals surface area contributed by atoms with Gasteiger partial charge < -0.3 is 10.2 Å². The molecule has 0 amide bonds. The minimum atomic E-state index is 0.412. The number of hydrogen-bond donors (Lipinski definition) is 1. The second kappa shape index (κ2) is 10.5. The highest BCUT2D eigenvalue weighted by Gasteiger charge is 2.30. The number of halogens is 2. The maximum Gasteiger partial charge on any atom is 0.172 e. The summed E-state index contributed by atoms with van der Waals surface area (Å²) in [6.07, 6.45) is 9.30. The van der Waals surface area contributed by atoms with E-state index >= 15 is 0 Å². The first-order chi connectivity index (χ1) is 17.7. The number of rotatable bonds is 5. The Hall–Kier alpha value is -2.41. The van der Waals surface area contributed by atoms with Crippen molar-refractivity contribution < 1.29 is 0 Å². The number of nitrogens with one attached hydrogen (secondary N) is 1. The average Bonchev–Trinajstić information content (AvgIpc) is 3.31. The Morgan fingerprint density at radius 2 is 1.61 bits per heavy atom. The molecule has 1 aliphatic heterocycles. The van der Waals surface area contributed by atoms with Gasteiger partial charge in [-0.3, -0.25) is 0 Å². The van der Waals surface area contributed by atoms with Crippen LogP contribution in [0.5, 0.6) is 0 Å². The van der Waals surface area contributed by atoms with Gasteiger partial charge in [0.05, 0.1) is 16.4 Å². The number of benzene rings is 2. The Kier molecular flexibility index (Phi) is 7.00. The predicted molar refractivity (Wildman–Crippen MR) is 151 cm³/mol. The Balaban J connectivity index is 1.12. The van der Waals surface area contributed by atoms with Crippen LogP contribution in [0.3, 0.4) is 0 Å². The molecule has 5 nitrogen and oxygen atoms in total. The van der Waals surface area contributed by atoms with Crippen molar-refractivity contribution in [2.24, 2.45) is 0 Å². The van der Waals surface area contributed by atoms with E-state index in [4.69, 9.17) is 16.6 Å². The first-order valence-corrected chi connectivity index (χ1v) is 14.2. The number of anilines is 1. The summed E-state index contributed by atoms with van der Waals surface area (Å²) in [5.41, 5.74) is 4.09. The molecule has 3 heterocycles. The van der Waals surface area contributed by atoms with E-state index < -0.39 is 0 Å². The first-order valence-electron chi connectivity index (χ1n) is 13.0. The van der Waals surface area contributed by atoms with E-state index in [1.54, 1.807) is 6.20 Å². The van der Waals surface area contributed by atoms with Crippen LogP contribution in [0.25, 0.3) is 16.9 Å². The molecule has 7 heteroatoms. The molecular weight excluding hydrogens is 534 g/mol. The van der Waals surface area contributed by atoms with Crippen LogP contribution in [-0.2, 0) is 0 Å². The number of nitrogens with zero attached hydrogens (tertiary/aromatic N) is 4. The number of likely N-dealkylation sites (tertiary alicyclic amines) is 1. The SMILES string of the molecule is Clc1ccccc1-c1cc(NC2CCN(C3CCC(c4ccccc4)CC3)CC2)n2ncc(Br)c2n1. The van der Waals surface area contributed by atoms with Gasteiger partial charge in [-0.15, -0.1) is 0 Å². The molecule has 0 spiro atoms. The van der Waals surface area contributed by atoms with Gasteiger partial charge in [0.15, 0.2) is 5.65 Å². The van der Waals surface area contributed by atoms with Crippen molar-refractivity contribution >= 4 is 39.0 Å². The summed E-state index contributed by atoms with van der Waals surface area (Å²) < 4.78 is 2.77. The smallest absolute Gasteiger partial charge is 0.172 e. The maximum absolute atomic E-state index is 6.50. The van der Waals surface area contributed by atoms with E-state index in [0.29, 0.717) is 11.1 Å². The summed E-state index contributed by atoms with van der Waals surface area (Å²) in [6, 6.07) is 22.1. The number of aromatic nitrogens is 3. The first kappa shape index (κ1) is 24.0. The summed E-state index contributed by atoms with van der Waals surface area (Å²) in [7, 11) is 0. The molecule has 2 aromatic carbocycles. The zero-order valence-corrected chi connectivity index (χ0v) is 22.6. The van der Waals surface area contributed by atoms with Crippen LogP contribution >= 0.6 is 27.5 Å². The average molecular weight is 565 g/mol. The van der Waals surface area contributed by atoms with Crippen LogP contribution in [0.15, 0.2) is 71.3 Å². The highest BCUT2D eigenvalue weighted by molar-refractivity contribution is 9.10. The van der Waals surface area contributed by atoms with Crippen LogP contribution in [0, 0.1) is 0 Å². The van der Waals surface area contributed by atoms with E-state index in [1.165, 1.54) is 31.2 Å². The number of fused-ring (bicyclic) bond motifs is 1. The van der Waals surface area contributed by atoms with Crippen molar-refractivity contribution in [3.63, 3.8) is 0 Å². The normalized spacial score (nSPS) is 21.6. The van der Waals surface area contributed by atoms with Crippen molar-refractivity contribution in [3.05, 3.63) is 81.9 Å². The summed E-state index contributed by atoms with van der Waals surface area (Å²) in [6.45, 7) is 2.29. The van der Waals surface area contributed by atoms with Crippen LogP contribution in [0.1, 0.15) is 50.0 Å². The van der Waals surface area contributed by atoms with Crippen LogP contribution in [-0.4, -0.2) is 44.7 Å². The van der Waals surface area contributed by atoms with Gasteiger partial charge in [-0.05, 0) is 72.0 Å². The molecule has 0 radical (unpaired) electrons. The largest absolute Gasteiger partial charge is 0.367 e. The number of piperidine rings is 1. The van der Waals surface area contributed by atoms with Crippen molar-refractivity contribution in [1.29, 1.82) is 0 Å². The van der Waals surface area contributed by atoms with Crippen LogP contribution in [0.4, 0.5) is 5.82 Å². The molecule has 4 aromatic rings. The minimum Gasteiger partial charge on any atom is -0.367 e. The molecule has 6 rings (SSSR count). The second-order valence-corrected chi connectivity index (χ2v) is 11.4. The zero-order valence-electron chi connectivity index (χ0n) is 20.3. The highest BCUT2D eigenvalue weighted by atomic mass is 79.9. The summed E-state index contributed by atoms with van der Waals surface area (Å²) in [5.74, 6) is 1.69. The van der Waals surface area contributed by atoms with Crippen LogP contribution < -0.4 is 5.32 Å². The van der Waals surface area contributed by atoms with Gasteiger partial charge >= 0.3 is 0 Å². The van der Waals surface area contributed by atoms with Gasteiger partial charge in [-0.25, -0.2) is 4.98 Å². The molecular formula is C29H31BrClN5. The Morgan fingerprint density at radius 1 is 0.889 bits per heavy atom. The molecule has 1 aliphatic carbocycles. The van der Waals surface area contributed by atoms with Gasteiger partial charge in [0.25, 0.3) is 0 Å². The Morgan fingerprint density at radius 3 is 2.36 bits per heavy atom. The molecule has 2 fully saturated rings. The standard InChI is InChI=1S/C29H31BrClN5/c30-25-19-32-36-28(18-27(34-29(25)36)24-8-4-5-9-26(24)31)33-22-14-16-35(17-15-22)23-12-10-21(11-13-23)20-6-2-1-3-7-20/h1-9,18-19,21-23,33H,10-17H2. The Bertz CT molecular complexity index is 1320. The molecule has 1 saturated carbocycles. The molecule has 0 bridgehead atoms.